The molecule has 1 amide bonds. The Morgan fingerprint density at radius 1 is 1.16 bits per heavy atom. The van der Waals surface area contributed by atoms with Crippen LogP contribution in [0.1, 0.15) is 25.0 Å². The molecule has 4 nitrogen and oxygen atoms in total. The number of ether oxygens (including phenoxy) is 1. The molecule has 0 atom stereocenters. The summed E-state index contributed by atoms with van der Waals surface area (Å²) in [7, 11) is 1.40. The molecule has 0 aliphatic carbocycles. The fourth-order valence-corrected chi connectivity index (χ4v) is 2.61. The molecule has 2 aromatic rings. The van der Waals surface area contributed by atoms with Gasteiger partial charge in [-0.25, -0.2) is 4.39 Å². The van der Waals surface area contributed by atoms with Gasteiger partial charge < -0.3 is 14.7 Å². The van der Waals surface area contributed by atoms with Crippen molar-refractivity contribution >= 4 is 5.91 Å². The number of hydrogen-bond donors (Lipinski definition) is 1. The number of carbonyl (C=O) groups is 1. The molecule has 0 heterocycles. The Morgan fingerprint density at radius 2 is 1.84 bits per heavy atom. The second-order valence-corrected chi connectivity index (χ2v) is 6.69. The number of amides is 1. The highest BCUT2D eigenvalue weighted by Crippen LogP contribution is 2.19. The highest BCUT2D eigenvalue weighted by Gasteiger charge is 2.23. The number of methoxy groups -OCH3 is 1. The van der Waals surface area contributed by atoms with Gasteiger partial charge in [-0.3, -0.25) is 4.79 Å². The lowest BCUT2D eigenvalue weighted by atomic mass is 10.1. The molecule has 0 bridgehead atoms. The van der Waals surface area contributed by atoms with Gasteiger partial charge in [0.05, 0.1) is 19.1 Å². The van der Waals surface area contributed by atoms with Gasteiger partial charge in [-0.1, -0.05) is 36.4 Å². The molecule has 0 unspecified atom stereocenters. The Morgan fingerprint density at radius 3 is 2.40 bits per heavy atom. The van der Waals surface area contributed by atoms with Gasteiger partial charge in [0.2, 0.25) is 5.91 Å². The van der Waals surface area contributed by atoms with E-state index in [4.69, 9.17) is 4.74 Å². The smallest absolute Gasteiger partial charge is 0.227 e. The summed E-state index contributed by atoms with van der Waals surface area (Å²) in [5.74, 6) is -0.519. The number of nitrogens with zero attached hydrogens (tertiary/aromatic N) is 1. The minimum Gasteiger partial charge on any atom is -0.494 e. The Bertz CT molecular complexity index is 711. The SMILES string of the molecule is COc1ccc(CC(=O)N(Cc2ccccc2)CC(C)(C)O)cc1F. The van der Waals surface area contributed by atoms with Gasteiger partial charge in [-0.15, -0.1) is 0 Å². The molecule has 0 aliphatic heterocycles. The van der Waals surface area contributed by atoms with Crippen molar-refractivity contribution < 1.29 is 19.0 Å². The molecule has 1 N–H and O–H groups in total. The average Bonchev–Trinajstić information content (AvgIpc) is 2.54. The van der Waals surface area contributed by atoms with Crippen molar-refractivity contribution in [2.24, 2.45) is 0 Å². The van der Waals surface area contributed by atoms with E-state index in [1.165, 1.54) is 19.2 Å². The number of rotatable bonds is 7. The summed E-state index contributed by atoms with van der Waals surface area (Å²) in [6, 6.07) is 14.1. The van der Waals surface area contributed by atoms with Crippen LogP contribution in [0.5, 0.6) is 5.75 Å². The van der Waals surface area contributed by atoms with Crippen molar-refractivity contribution in [3.63, 3.8) is 0 Å². The molecular formula is C20H24FNO3. The van der Waals surface area contributed by atoms with E-state index in [1.54, 1.807) is 24.8 Å². The van der Waals surface area contributed by atoms with Crippen molar-refractivity contribution in [3.05, 3.63) is 65.5 Å². The van der Waals surface area contributed by atoms with E-state index in [9.17, 15) is 14.3 Å². The molecular weight excluding hydrogens is 321 g/mol. The summed E-state index contributed by atoms with van der Waals surface area (Å²) in [6.07, 6.45) is 0.0594. The first kappa shape index (κ1) is 18.9. The molecule has 0 saturated carbocycles. The van der Waals surface area contributed by atoms with Crippen LogP contribution < -0.4 is 4.74 Å². The van der Waals surface area contributed by atoms with Gasteiger partial charge in [0.25, 0.3) is 0 Å². The lowest BCUT2D eigenvalue weighted by Gasteiger charge is -2.29. The zero-order valence-corrected chi connectivity index (χ0v) is 14.8. The van der Waals surface area contributed by atoms with E-state index in [0.717, 1.165) is 5.56 Å². The van der Waals surface area contributed by atoms with Gasteiger partial charge >= 0.3 is 0 Å². The number of carbonyl (C=O) groups excluding carboxylic acids is 1. The Labute approximate surface area is 147 Å². The molecule has 2 rings (SSSR count). The van der Waals surface area contributed by atoms with Crippen LogP contribution in [0.3, 0.4) is 0 Å². The topological polar surface area (TPSA) is 49.8 Å². The van der Waals surface area contributed by atoms with Crippen molar-refractivity contribution in [3.8, 4) is 5.75 Å². The molecule has 0 saturated heterocycles. The minimum atomic E-state index is -1.02. The normalized spacial score (nSPS) is 11.2. The first-order valence-electron chi connectivity index (χ1n) is 8.15. The molecule has 0 spiro atoms. The first-order valence-corrected chi connectivity index (χ1v) is 8.15. The molecule has 0 radical (unpaired) electrons. The van der Waals surface area contributed by atoms with Crippen LogP contribution >= 0.6 is 0 Å². The third-order valence-corrected chi connectivity index (χ3v) is 3.72. The van der Waals surface area contributed by atoms with Gasteiger partial charge in [-0.05, 0) is 37.1 Å². The van der Waals surface area contributed by atoms with Crippen LogP contribution in [0.25, 0.3) is 0 Å². The largest absolute Gasteiger partial charge is 0.494 e. The zero-order valence-electron chi connectivity index (χ0n) is 14.8. The van der Waals surface area contributed by atoms with Crippen LogP contribution in [0.2, 0.25) is 0 Å². The summed E-state index contributed by atoms with van der Waals surface area (Å²) in [5, 5.41) is 10.1. The quantitative estimate of drug-likeness (QED) is 0.838. The van der Waals surface area contributed by atoms with Crippen LogP contribution in [0.4, 0.5) is 4.39 Å². The second-order valence-electron chi connectivity index (χ2n) is 6.69. The zero-order chi connectivity index (χ0) is 18.4. The maximum Gasteiger partial charge on any atom is 0.227 e. The summed E-state index contributed by atoms with van der Waals surface area (Å²) in [4.78, 5) is 14.3. The van der Waals surface area contributed by atoms with E-state index in [2.05, 4.69) is 0 Å². The predicted molar refractivity (Wildman–Crippen MR) is 94.8 cm³/mol. The highest BCUT2D eigenvalue weighted by atomic mass is 19.1. The third kappa shape index (κ3) is 5.87. The fraction of sp³-hybridized carbons (Fsp3) is 0.350. The Hall–Kier alpha value is -2.40. The fourth-order valence-electron chi connectivity index (χ4n) is 2.61. The minimum absolute atomic E-state index is 0.0594. The molecule has 5 heteroatoms. The summed E-state index contributed by atoms with van der Waals surface area (Å²) in [6.45, 7) is 3.90. The van der Waals surface area contributed by atoms with Gasteiger partial charge in [0.15, 0.2) is 11.6 Å². The summed E-state index contributed by atoms with van der Waals surface area (Å²) in [5.41, 5.74) is 0.522. The lowest BCUT2D eigenvalue weighted by molar-refractivity contribution is -0.134. The first-order chi connectivity index (χ1) is 11.8. The summed E-state index contributed by atoms with van der Waals surface area (Å²) >= 11 is 0. The Kier molecular flexibility index (Phi) is 6.15. The van der Waals surface area contributed by atoms with Crippen molar-refractivity contribution in [1.29, 1.82) is 0 Å². The molecule has 25 heavy (non-hydrogen) atoms. The number of halogens is 1. The van der Waals surface area contributed by atoms with Crippen LogP contribution in [-0.4, -0.2) is 35.2 Å². The van der Waals surface area contributed by atoms with Gasteiger partial charge in [0.1, 0.15) is 0 Å². The molecule has 2 aromatic carbocycles. The maximum absolute atomic E-state index is 13.8. The van der Waals surface area contributed by atoms with Crippen LogP contribution in [0.15, 0.2) is 48.5 Å². The number of benzene rings is 2. The standard InChI is InChI=1S/C20H24FNO3/c1-20(2,24)14-22(13-15-7-5-4-6-8-15)19(23)12-16-9-10-18(25-3)17(21)11-16/h4-11,24H,12-14H2,1-3H3. The Balaban J connectivity index is 2.15. The van der Waals surface area contributed by atoms with Crippen LogP contribution in [-0.2, 0) is 17.8 Å². The van der Waals surface area contributed by atoms with E-state index in [1.807, 2.05) is 30.3 Å². The van der Waals surface area contributed by atoms with Crippen molar-refractivity contribution in [2.75, 3.05) is 13.7 Å². The number of hydrogen-bond acceptors (Lipinski definition) is 3. The highest BCUT2D eigenvalue weighted by molar-refractivity contribution is 5.79. The number of aliphatic hydroxyl groups is 1. The lowest BCUT2D eigenvalue weighted by Crippen LogP contribution is -2.42. The average molecular weight is 345 g/mol. The van der Waals surface area contributed by atoms with Gasteiger partial charge in [0, 0.05) is 13.1 Å². The van der Waals surface area contributed by atoms with Gasteiger partial charge in [-0.2, -0.15) is 0 Å². The summed E-state index contributed by atoms with van der Waals surface area (Å²) < 4.78 is 18.7. The maximum atomic E-state index is 13.8. The van der Waals surface area contributed by atoms with Crippen molar-refractivity contribution in [1.82, 2.24) is 4.90 Å². The monoisotopic (exact) mass is 345 g/mol. The van der Waals surface area contributed by atoms with E-state index >= 15 is 0 Å². The molecule has 134 valence electrons. The molecule has 0 aliphatic rings. The van der Waals surface area contributed by atoms with E-state index < -0.39 is 11.4 Å². The van der Waals surface area contributed by atoms with E-state index in [0.29, 0.717) is 12.1 Å². The molecule has 0 fully saturated rings. The van der Waals surface area contributed by atoms with Crippen molar-refractivity contribution in [2.45, 2.75) is 32.4 Å². The molecule has 0 aromatic heterocycles. The third-order valence-electron chi connectivity index (χ3n) is 3.72. The van der Waals surface area contributed by atoms with E-state index in [-0.39, 0.29) is 24.6 Å². The second kappa shape index (κ2) is 8.12. The predicted octanol–water partition coefficient (Wildman–Crippen LogP) is 3.18. The van der Waals surface area contributed by atoms with Crippen LogP contribution in [0, 0.1) is 5.82 Å².